The number of nitrogens with one attached hydrogen (secondary N) is 1. The van der Waals surface area contributed by atoms with Gasteiger partial charge in [0.15, 0.2) is 0 Å². The average molecular weight is 269 g/mol. The van der Waals surface area contributed by atoms with E-state index in [9.17, 15) is 9.32 Å². The van der Waals surface area contributed by atoms with E-state index in [0.717, 1.165) is 0 Å². The lowest BCUT2D eigenvalue weighted by atomic mass is 10.3. The minimum absolute atomic E-state index is 0.257. The standard InChI is InChI=1S/C13H19NO3S/c1-17-12-3-2-4-13(7-12)18(16)9-11(15)8-14-10-5-6-10/h2-4,7,10-11,14-15H,5-6,8-9H2,1H3. The molecule has 0 spiro atoms. The van der Waals surface area contributed by atoms with Crippen LogP contribution in [0.5, 0.6) is 5.75 Å². The van der Waals surface area contributed by atoms with Gasteiger partial charge in [0.1, 0.15) is 5.75 Å². The Kier molecular flexibility index (Phi) is 4.74. The number of hydrogen-bond acceptors (Lipinski definition) is 4. The molecule has 0 aliphatic heterocycles. The van der Waals surface area contributed by atoms with E-state index in [1.165, 1.54) is 12.8 Å². The van der Waals surface area contributed by atoms with Crippen LogP contribution in [0.15, 0.2) is 29.2 Å². The van der Waals surface area contributed by atoms with Crippen molar-refractivity contribution in [3.8, 4) is 5.75 Å². The first-order valence-electron chi connectivity index (χ1n) is 6.13. The molecule has 0 amide bonds. The van der Waals surface area contributed by atoms with Crippen LogP contribution < -0.4 is 10.1 Å². The monoisotopic (exact) mass is 269 g/mol. The summed E-state index contributed by atoms with van der Waals surface area (Å²) in [6.07, 6.45) is 1.80. The SMILES string of the molecule is COc1cccc(S(=O)CC(O)CNC2CC2)c1. The minimum Gasteiger partial charge on any atom is -0.497 e. The summed E-state index contributed by atoms with van der Waals surface area (Å²) < 4.78 is 17.1. The summed E-state index contributed by atoms with van der Waals surface area (Å²) in [5.74, 6) is 0.943. The zero-order chi connectivity index (χ0) is 13.0. The number of methoxy groups -OCH3 is 1. The second-order valence-electron chi connectivity index (χ2n) is 4.53. The summed E-state index contributed by atoms with van der Waals surface area (Å²) in [6.45, 7) is 0.514. The molecule has 18 heavy (non-hydrogen) atoms. The van der Waals surface area contributed by atoms with Gasteiger partial charge in [-0.15, -0.1) is 0 Å². The second kappa shape index (κ2) is 6.31. The van der Waals surface area contributed by atoms with Crippen molar-refractivity contribution in [2.75, 3.05) is 19.4 Å². The molecule has 0 saturated heterocycles. The first-order valence-corrected chi connectivity index (χ1v) is 7.45. The second-order valence-corrected chi connectivity index (χ2v) is 6.02. The Hall–Kier alpha value is -0.910. The highest BCUT2D eigenvalue weighted by molar-refractivity contribution is 7.85. The molecule has 1 aliphatic rings. The van der Waals surface area contributed by atoms with Crippen molar-refractivity contribution in [3.05, 3.63) is 24.3 Å². The third-order valence-electron chi connectivity index (χ3n) is 2.87. The lowest BCUT2D eigenvalue weighted by Crippen LogP contribution is -2.32. The molecule has 2 unspecified atom stereocenters. The molecule has 2 atom stereocenters. The normalized spacial score (nSPS) is 18.3. The van der Waals surface area contributed by atoms with Gasteiger partial charge in [-0.05, 0) is 31.0 Å². The van der Waals surface area contributed by atoms with Gasteiger partial charge in [-0.25, -0.2) is 0 Å². The first-order chi connectivity index (χ1) is 8.69. The number of hydrogen-bond donors (Lipinski definition) is 2. The molecule has 100 valence electrons. The predicted molar refractivity (Wildman–Crippen MR) is 71.3 cm³/mol. The third-order valence-corrected chi connectivity index (χ3v) is 4.33. The molecule has 4 nitrogen and oxygen atoms in total. The first kappa shape index (κ1) is 13.5. The van der Waals surface area contributed by atoms with Gasteiger partial charge in [0.25, 0.3) is 0 Å². The molecule has 5 heteroatoms. The maximum absolute atomic E-state index is 12.1. The lowest BCUT2D eigenvalue weighted by molar-refractivity contribution is 0.194. The van der Waals surface area contributed by atoms with Gasteiger partial charge in [0, 0.05) is 17.5 Å². The summed E-state index contributed by atoms with van der Waals surface area (Å²) in [4.78, 5) is 0.694. The molecule has 0 bridgehead atoms. The number of aliphatic hydroxyl groups excluding tert-OH is 1. The summed E-state index contributed by atoms with van der Waals surface area (Å²) in [5.41, 5.74) is 0. The maximum atomic E-state index is 12.1. The number of aliphatic hydroxyl groups is 1. The topological polar surface area (TPSA) is 58.6 Å². The predicted octanol–water partition coefficient (Wildman–Crippen LogP) is 0.916. The van der Waals surface area contributed by atoms with Crippen LogP contribution in [0.3, 0.4) is 0 Å². The third kappa shape index (κ3) is 4.08. The lowest BCUT2D eigenvalue weighted by Gasteiger charge is -2.11. The van der Waals surface area contributed by atoms with E-state index in [-0.39, 0.29) is 5.75 Å². The highest BCUT2D eigenvalue weighted by Crippen LogP contribution is 2.19. The van der Waals surface area contributed by atoms with Gasteiger partial charge >= 0.3 is 0 Å². The molecule has 2 rings (SSSR count). The maximum Gasteiger partial charge on any atom is 0.120 e. The Morgan fingerprint density at radius 1 is 1.56 bits per heavy atom. The van der Waals surface area contributed by atoms with Crippen LogP contribution >= 0.6 is 0 Å². The summed E-state index contributed by atoms with van der Waals surface area (Å²) in [5, 5.41) is 13.0. The van der Waals surface area contributed by atoms with Crippen molar-refractivity contribution in [3.63, 3.8) is 0 Å². The molecular weight excluding hydrogens is 250 g/mol. The zero-order valence-corrected chi connectivity index (χ0v) is 11.3. The van der Waals surface area contributed by atoms with Crippen LogP contribution in [-0.2, 0) is 10.8 Å². The fraction of sp³-hybridized carbons (Fsp3) is 0.538. The van der Waals surface area contributed by atoms with Gasteiger partial charge in [-0.1, -0.05) is 6.07 Å². The summed E-state index contributed by atoms with van der Waals surface area (Å²) >= 11 is 0. The molecule has 1 aromatic carbocycles. The molecule has 1 saturated carbocycles. The molecule has 0 heterocycles. The van der Waals surface area contributed by atoms with Crippen LogP contribution in [0.25, 0.3) is 0 Å². The van der Waals surface area contributed by atoms with E-state index >= 15 is 0 Å². The van der Waals surface area contributed by atoms with E-state index in [0.29, 0.717) is 23.2 Å². The van der Waals surface area contributed by atoms with E-state index in [2.05, 4.69) is 5.32 Å². The van der Waals surface area contributed by atoms with E-state index in [1.54, 1.807) is 25.3 Å². The Balaban J connectivity index is 1.85. The van der Waals surface area contributed by atoms with Crippen molar-refractivity contribution in [1.29, 1.82) is 0 Å². The van der Waals surface area contributed by atoms with Gasteiger partial charge in [-0.3, -0.25) is 4.21 Å². The van der Waals surface area contributed by atoms with E-state index in [4.69, 9.17) is 4.74 Å². The quantitative estimate of drug-likeness (QED) is 0.772. The Labute approximate surface area is 110 Å². The summed E-state index contributed by atoms with van der Waals surface area (Å²) in [6, 6.07) is 7.72. The molecule has 1 aromatic rings. The van der Waals surface area contributed by atoms with Crippen molar-refractivity contribution in [2.24, 2.45) is 0 Å². The fourth-order valence-corrected chi connectivity index (χ4v) is 2.80. The minimum atomic E-state index is -1.19. The Bertz CT molecular complexity index is 420. The molecular formula is C13H19NO3S. The Morgan fingerprint density at radius 2 is 2.33 bits per heavy atom. The van der Waals surface area contributed by atoms with Crippen LogP contribution in [0.4, 0.5) is 0 Å². The fourth-order valence-electron chi connectivity index (χ4n) is 1.66. The zero-order valence-electron chi connectivity index (χ0n) is 10.5. The highest BCUT2D eigenvalue weighted by atomic mass is 32.2. The van der Waals surface area contributed by atoms with Crippen LogP contribution in [0.2, 0.25) is 0 Å². The molecule has 2 N–H and O–H groups in total. The van der Waals surface area contributed by atoms with Gasteiger partial charge in [0.05, 0.1) is 29.8 Å². The van der Waals surface area contributed by atoms with Crippen molar-refractivity contribution in [2.45, 2.75) is 29.9 Å². The Morgan fingerprint density at radius 3 is 3.00 bits per heavy atom. The van der Waals surface area contributed by atoms with Gasteiger partial charge in [0.2, 0.25) is 0 Å². The van der Waals surface area contributed by atoms with Crippen LogP contribution in [0.1, 0.15) is 12.8 Å². The van der Waals surface area contributed by atoms with Crippen molar-refractivity contribution in [1.82, 2.24) is 5.32 Å². The van der Waals surface area contributed by atoms with Crippen LogP contribution in [0, 0.1) is 0 Å². The van der Waals surface area contributed by atoms with Gasteiger partial charge in [-0.2, -0.15) is 0 Å². The van der Waals surface area contributed by atoms with Crippen molar-refractivity contribution < 1.29 is 14.1 Å². The van der Waals surface area contributed by atoms with E-state index in [1.807, 2.05) is 6.07 Å². The summed E-state index contributed by atoms with van der Waals surface area (Å²) in [7, 11) is 0.390. The molecule has 1 aliphatic carbocycles. The molecule has 1 fully saturated rings. The van der Waals surface area contributed by atoms with E-state index < -0.39 is 16.9 Å². The number of benzene rings is 1. The van der Waals surface area contributed by atoms with Crippen molar-refractivity contribution >= 4 is 10.8 Å². The smallest absolute Gasteiger partial charge is 0.120 e. The number of rotatable bonds is 7. The molecule has 0 aromatic heterocycles. The molecule has 0 radical (unpaired) electrons. The number of ether oxygens (including phenoxy) is 1. The van der Waals surface area contributed by atoms with Gasteiger partial charge < -0.3 is 15.2 Å². The van der Waals surface area contributed by atoms with Crippen LogP contribution in [-0.4, -0.2) is 40.9 Å². The highest BCUT2D eigenvalue weighted by Gasteiger charge is 2.22. The average Bonchev–Trinajstić information content (AvgIpc) is 3.20. The largest absolute Gasteiger partial charge is 0.497 e.